The first-order valence-corrected chi connectivity index (χ1v) is 7.57. The van der Waals surface area contributed by atoms with Crippen LogP contribution in [0.4, 0.5) is 0 Å². The predicted molar refractivity (Wildman–Crippen MR) is 85.5 cm³/mol. The van der Waals surface area contributed by atoms with Crippen molar-refractivity contribution in [1.29, 1.82) is 0 Å². The Morgan fingerprint density at radius 3 is 2.62 bits per heavy atom. The summed E-state index contributed by atoms with van der Waals surface area (Å²) in [5.41, 5.74) is 2.27. The number of para-hydroxylation sites is 1. The highest BCUT2D eigenvalue weighted by molar-refractivity contribution is 5.35. The SMILES string of the molecule is Cc1ncc(CNCCC(O)C(C)C)n1-c1ccccc1. The van der Waals surface area contributed by atoms with Gasteiger partial charge in [0.25, 0.3) is 0 Å². The van der Waals surface area contributed by atoms with Gasteiger partial charge in [-0.1, -0.05) is 32.0 Å². The summed E-state index contributed by atoms with van der Waals surface area (Å²) < 4.78 is 2.16. The van der Waals surface area contributed by atoms with E-state index in [4.69, 9.17) is 0 Å². The number of hydrogen-bond acceptors (Lipinski definition) is 3. The van der Waals surface area contributed by atoms with Crippen LogP contribution in [0.2, 0.25) is 0 Å². The molecule has 4 nitrogen and oxygen atoms in total. The van der Waals surface area contributed by atoms with Gasteiger partial charge in [-0.2, -0.15) is 0 Å². The number of imidazole rings is 1. The number of nitrogens with one attached hydrogen (secondary N) is 1. The molecule has 0 aliphatic rings. The summed E-state index contributed by atoms with van der Waals surface area (Å²) in [6.07, 6.45) is 2.45. The zero-order chi connectivity index (χ0) is 15.2. The molecule has 0 aliphatic carbocycles. The fourth-order valence-electron chi connectivity index (χ4n) is 2.35. The molecule has 1 aromatic carbocycles. The number of aliphatic hydroxyl groups is 1. The highest BCUT2D eigenvalue weighted by atomic mass is 16.3. The molecule has 2 aromatic rings. The van der Waals surface area contributed by atoms with E-state index in [1.165, 1.54) is 0 Å². The first-order chi connectivity index (χ1) is 10.1. The van der Waals surface area contributed by atoms with Crippen molar-refractivity contribution in [2.75, 3.05) is 6.54 Å². The number of benzene rings is 1. The molecule has 1 atom stereocenters. The average molecular weight is 287 g/mol. The van der Waals surface area contributed by atoms with Crippen LogP contribution in [-0.2, 0) is 6.54 Å². The molecule has 0 radical (unpaired) electrons. The van der Waals surface area contributed by atoms with Crippen molar-refractivity contribution < 1.29 is 5.11 Å². The molecule has 1 unspecified atom stereocenters. The van der Waals surface area contributed by atoms with Crippen LogP contribution >= 0.6 is 0 Å². The molecule has 2 N–H and O–H groups in total. The molecule has 1 heterocycles. The number of aryl methyl sites for hydroxylation is 1. The Labute approximate surface area is 126 Å². The lowest BCUT2D eigenvalue weighted by molar-refractivity contribution is 0.116. The minimum Gasteiger partial charge on any atom is -0.393 e. The Balaban J connectivity index is 1.96. The van der Waals surface area contributed by atoms with E-state index in [0.29, 0.717) is 5.92 Å². The number of rotatable bonds is 7. The molecule has 21 heavy (non-hydrogen) atoms. The number of aromatic nitrogens is 2. The van der Waals surface area contributed by atoms with Crippen LogP contribution in [0.1, 0.15) is 31.8 Å². The van der Waals surface area contributed by atoms with Gasteiger partial charge in [0.1, 0.15) is 5.82 Å². The number of nitrogens with zero attached hydrogens (tertiary/aromatic N) is 2. The van der Waals surface area contributed by atoms with Crippen LogP contribution in [0.3, 0.4) is 0 Å². The Hall–Kier alpha value is -1.65. The van der Waals surface area contributed by atoms with Gasteiger partial charge in [-0.25, -0.2) is 4.98 Å². The van der Waals surface area contributed by atoms with E-state index in [9.17, 15) is 5.11 Å². The average Bonchev–Trinajstić information content (AvgIpc) is 2.85. The minimum atomic E-state index is -0.238. The van der Waals surface area contributed by atoms with E-state index < -0.39 is 0 Å². The second-order valence-electron chi connectivity index (χ2n) is 5.74. The lowest BCUT2D eigenvalue weighted by Crippen LogP contribution is -2.24. The summed E-state index contributed by atoms with van der Waals surface area (Å²) in [6.45, 7) is 7.65. The van der Waals surface area contributed by atoms with Gasteiger partial charge in [0, 0.05) is 12.2 Å². The van der Waals surface area contributed by atoms with E-state index in [2.05, 4.69) is 27.0 Å². The Kier molecular flexibility index (Phi) is 5.53. The van der Waals surface area contributed by atoms with Crippen LogP contribution in [0.5, 0.6) is 0 Å². The molecule has 0 amide bonds. The van der Waals surface area contributed by atoms with Gasteiger partial charge in [0.05, 0.1) is 18.0 Å². The molecule has 0 spiro atoms. The van der Waals surface area contributed by atoms with E-state index in [1.54, 1.807) is 0 Å². The lowest BCUT2D eigenvalue weighted by Gasteiger charge is -2.15. The third kappa shape index (κ3) is 4.16. The van der Waals surface area contributed by atoms with Crippen LogP contribution in [-0.4, -0.2) is 27.3 Å². The molecule has 114 valence electrons. The van der Waals surface area contributed by atoms with Crippen LogP contribution in [0.25, 0.3) is 5.69 Å². The fraction of sp³-hybridized carbons (Fsp3) is 0.471. The lowest BCUT2D eigenvalue weighted by atomic mass is 10.0. The maximum Gasteiger partial charge on any atom is 0.110 e. The van der Waals surface area contributed by atoms with Gasteiger partial charge in [-0.15, -0.1) is 0 Å². The van der Waals surface area contributed by atoms with Gasteiger partial charge < -0.3 is 10.4 Å². The second kappa shape index (κ2) is 7.38. The summed E-state index contributed by atoms with van der Waals surface area (Å²) in [5.74, 6) is 1.30. The van der Waals surface area contributed by atoms with Crippen molar-refractivity contribution in [3.63, 3.8) is 0 Å². The first-order valence-electron chi connectivity index (χ1n) is 7.57. The smallest absolute Gasteiger partial charge is 0.110 e. The Bertz CT molecular complexity index is 548. The van der Waals surface area contributed by atoms with Crippen molar-refractivity contribution >= 4 is 0 Å². The summed E-state index contributed by atoms with van der Waals surface area (Å²) in [6, 6.07) is 10.2. The zero-order valence-corrected chi connectivity index (χ0v) is 13.1. The molecule has 0 saturated carbocycles. The van der Waals surface area contributed by atoms with E-state index >= 15 is 0 Å². The standard InChI is InChI=1S/C17H25N3O/c1-13(2)17(21)9-10-18-11-16-12-19-14(3)20(16)15-7-5-4-6-8-15/h4-8,12-13,17-18,21H,9-11H2,1-3H3. The maximum atomic E-state index is 9.80. The van der Waals surface area contributed by atoms with E-state index in [1.807, 2.05) is 45.2 Å². The predicted octanol–water partition coefficient (Wildman–Crippen LogP) is 2.68. The molecule has 0 bridgehead atoms. The Morgan fingerprint density at radius 2 is 1.95 bits per heavy atom. The van der Waals surface area contributed by atoms with Crippen LogP contribution in [0.15, 0.2) is 36.5 Å². The van der Waals surface area contributed by atoms with Gasteiger partial charge >= 0.3 is 0 Å². The zero-order valence-electron chi connectivity index (χ0n) is 13.1. The quantitative estimate of drug-likeness (QED) is 0.770. The van der Waals surface area contributed by atoms with Crippen molar-refractivity contribution in [3.05, 3.63) is 48.0 Å². The monoisotopic (exact) mass is 287 g/mol. The van der Waals surface area contributed by atoms with Gasteiger partial charge in [-0.05, 0) is 37.9 Å². The largest absolute Gasteiger partial charge is 0.393 e. The van der Waals surface area contributed by atoms with Crippen molar-refractivity contribution in [2.24, 2.45) is 5.92 Å². The topological polar surface area (TPSA) is 50.1 Å². The molecule has 2 rings (SSSR count). The maximum absolute atomic E-state index is 9.80. The van der Waals surface area contributed by atoms with Gasteiger partial charge in [0.15, 0.2) is 0 Å². The fourth-order valence-corrected chi connectivity index (χ4v) is 2.35. The molecule has 1 aromatic heterocycles. The van der Waals surface area contributed by atoms with Crippen LogP contribution in [0, 0.1) is 12.8 Å². The molecule has 0 fully saturated rings. The molecular weight excluding hydrogens is 262 g/mol. The van der Waals surface area contributed by atoms with E-state index in [0.717, 1.165) is 36.7 Å². The third-order valence-electron chi connectivity index (χ3n) is 3.72. The summed E-state index contributed by atoms with van der Waals surface area (Å²) in [5, 5.41) is 13.2. The van der Waals surface area contributed by atoms with Crippen molar-refractivity contribution in [3.8, 4) is 5.69 Å². The molecular formula is C17H25N3O. The summed E-state index contributed by atoms with van der Waals surface area (Å²) in [4.78, 5) is 4.41. The second-order valence-corrected chi connectivity index (χ2v) is 5.74. The van der Waals surface area contributed by atoms with E-state index in [-0.39, 0.29) is 6.10 Å². The Morgan fingerprint density at radius 1 is 1.24 bits per heavy atom. The van der Waals surface area contributed by atoms with Crippen molar-refractivity contribution in [2.45, 2.75) is 39.8 Å². The minimum absolute atomic E-state index is 0.238. The summed E-state index contributed by atoms with van der Waals surface area (Å²) >= 11 is 0. The van der Waals surface area contributed by atoms with Crippen LogP contribution < -0.4 is 5.32 Å². The molecule has 4 heteroatoms. The normalized spacial score (nSPS) is 12.8. The number of hydrogen-bond donors (Lipinski definition) is 2. The first kappa shape index (κ1) is 15.7. The number of aliphatic hydroxyl groups excluding tert-OH is 1. The highest BCUT2D eigenvalue weighted by Gasteiger charge is 2.10. The summed E-state index contributed by atoms with van der Waals surface area (Å²) in [7, 11) is 0. The van der Waals surface area contributed by atoms with Crippen molar-refractivity contribution in [1.82, 2.24) is 14.9 Å². The highest BCUT2D eigenvalue weighted by Crippen LogP contribution is 2.14. The molecule has 0 saturated heterocycles. The van der Waals surface area contributed by atoms with Gasteiger partial charge in [0.2, 0.25) is 0 Å². The molecule has 0 aliphatic heterocycles. The van der Waals surface area contributed by atoms with Gasteiger partial charge in [-0.3, -0.25) is 4.57 Å². The third-order valence-corrected chi connectivity index (χ3v) is 3.72.